The maximum atomic E-state index is 12.1. The van der Waals surface area contributed by atoms with Crippen molar-refractivity contribution in [1.29, 1.82) is 0 Å². The van der Waals surface area contributed by atoms with Crippen LogP contribution < -0.4 is 14.8 Å². The Bertz CT molecular complexity index is 403. The third-order valence-corrected chi connectivity index (χ3v) is 2.88. The summed E-state index contributed by atoms with van der Waals surface area (Å²) < 4.78 is 15.2. The van der Waals surface area contributed by atoms with Gasteiger partial charge in [0.25, 0.3) is 5.91 Å². The predicted molar refractivity (Wildman–Crippen MR) is 73.4 cm³/mol. The summed E-state index contributed by atoms with van der Waals surface area (Å²) in [7, 11) is 4.62. The first-order chi connectivity index (χ1) is 9.14. The van der Waals surface area contributed by atoms with Crippen LogP contribution in [0.4, 0.5) is 0 Å². The van der Waals surface area contributed by atoms with Gasteiger partial charge >= 0.3 is 0 Å². The van der Waals surface area contributed by atoms with Crippen molar-refractivity contribution in [2.75, 3.05) is 33.8 Å². The number of hydrogen-bond donors (Lipinski definition) is 1. The van der Waals surface area contributed by atoms with Gasteiger partial charge in [0.05, 0.1) is 26.9 Å². The van der Waals surface area contributed by atoms with Gasteiger partial charge in [-0.15, -0.1) is 11.6 Å². The zero-order chi connectivity index (χ0) is 14.3. The van der Waals surface area contributed by atoms with E-state index >= 15 is 0 Å². The average molecular weight is 288 g/mol. The molecule has 0 radical (unpaired) electrons. The first kappa shape index (κ1) is 15.6. The first-order valence-electron chi connectivity index (χ1n) is 5.73. The minimum Gasteiger partial charge on any atom is -0.497 e. The fourth-order valence-electron chi connectivity index (χ4n) is 1.53. The number of carbonyl (C=O) groups excluding carboxylic acids is 1. The summed E-state index contributed by atoms with van der Waals surface area (Å²) in [5.41, 5.74) is 0.447. The second-order valence-electron chi connectivity index (χ2n) is 3.88. The highest BCUT2D eigenvalue weighted by Crippen LogP contribution is 2.22. The molecule has 0 heterocycles. The normalized spacial score (nSPS) is 11.8. The number of alkyl halides is 1. The summed E-state index contributed by atoms with van der Waals surface area (Å²) in [4.78, 5) is 12.1. The molecule has 0 aliphatic heterocycles. The molecule has 0 bridgehead atoms. The molecule has 0 saturated carbocycles. The lowest BCUT2D eigenvalue weighted by atomic mass is 10.1. The van der Waals surface area contributed by atoms with Crippen molar-refractivity contribution in [1.82, 2.24) is 5.32 Å². The van der Waals surface area contributed by atoms with E-state index in [0.717, 1.165) is 0 Å². The molecule has 5 nitrogen and oxygen atoms in total. The SMILES string of the molecule is COCC(CCl)NC(=O)c1cc(OC)cc(OC)c1. The molecule has 1 aromatic carbocycles. The van der Waals surface area contributed by atoms with Crippen LogP contribution in [0.5, 0.6) is 11.5 Å². The van der Waals surface area contributed by atoms with Crippen LogP contribution in [0.1, 0.15) is 10.4 Å². The van der Waals surface area contributed by atoms with Crippen molar-refractivity contribution in [3.05, 3.63) is 23.8 Å². The highest BCUT2D eigenvalue weighted by molar-refractivity contribution is 6.18. The van der Waals surface area contributed by atoms with Crippen LogP contribution in [0.2, 0.25) is 0 Å². The van der Waals surface area contributed by atoms with E-state index in [1.807, 2.05) is 0 Å². The molecule has 0 spiro atoms. The number of methoxy groups -OCH3 is 3. The Morgan fingerprint density at radius 2 is 1.79 bits per heavy atom. The summed E-state index contributed by atoms with van der Waals surface area (Å²) in [6.07, 6.45) is 0. The number of halogens is 1. The number of benzene rings is 1. The fourth-order valence-corrected chi connectivity index (χ4v) is 1.70. The third-order valence-electron chi connectivity index (χ3n) is 2.50. The van der Waals surface area contributed by atoms with Gasteiger partial charge in [0.15, 0.2) is 0 Å². The van der Waals surface area contributed by atoms with Crippen LogP contribution >= 0.6 is 11.6 Å². The van der Waals surface area contributed by atoms with Gasteiger partial charge in [0.2, 0.25) is 0 Å². The number of amides is 1. The number of nitrogens with one attached hydrogen (secondary N) is 1. The molecule has 0 aliphatic carbocycles. The maximum Gasteiger partial charge on any atom is 0.251 e. The smallest absolute Gasteiger partial charge is 0.251 e. The average Bonchev–Trinajstić information content (AvgIpc) is 2.45. The van der Waals surface area contributed by atoms with Crippen molar-refractivity contribution < 1.29 is 19.0 Å². The molecule has 106 valence electrons. The Kier molecular flexibility index (Phi) is 6.45. The minimum atomic E-state index is -0.250. The van der Waals surface area contributed by atoms with Crippen molar-refractivity contribution in [3.63, 3.8) is 0 Å². The number of hydrogen-bond acceptors (Lipinski definition) is 4. The van der Waals surface area contributed by atoms with Crippen LogP contribution in [0.3, 0.4) is 0 Å². The van der Waals surface area contributed by atoms with Gasteiger partial charge in [0, 0.05) is 24.6 Å². The highest BCUT2D eigenvalue weighted by Gasteiger charge is 2.14. The first-order valence-corrected chi connectivity index (χ1v) is 6.26. The van der Waals surface area contributed by atoms with Gasteiger partial charge in [-0.25, -0.2) is 0 Å². The van der Waals surface area contributed by atoms with E-state index in [1.54, 1.807) is 25.3 Å². The van der Waals surface area contributed by atoms with Crippen molar-refractivity contribution in [3.8, 4) is 11.5 Å². The second kappa shape index (κ2) is 7.86. The monoisotopic (exact) mass is 287 g/mol. The molecular formula is C13H18ClNO4. The molecule has 0 saturated heterocycles. The Morgan fingerprint density at radius 1 is 1.21 bits per heavy atom. The zero-order valence-electron chi connectivity index (χ0n) is 11.2. The molecule has 0 aliphatic rings. The standard InChI is InChI=1S/C13H18ClNO4/c1-17-8-10(7-14)15-13(16)9-4-11(18-2)6-12(5-9)19-3/h4-6,10H,7-8H2,1-3H3,(H,15,16). The van der Waals surface area contributed by atoms with E-state index in [1.165, 1.54) is 14.2 Å². The van der Waals surface area contributed by atoms with Crippen LogP contribution in [-0.2, 0) is 4.74 Å². The lowest BCUT2D eigenvalue weighted by molar-refractivity contribution is 0.0906. The van der Waals surface area contributed by atoms with Gasteiger partial charge < -0.3 is 19.5 Å². The van der Waals surface area contributed by atoms with E-state index in [4.69, 9.17) is 25.8 Å². The van der Waals surface area contributed by atoms with Crippen molar-refractivity contribution >= 4 is 17.5 Å². The van der Waals surface area contributed by atoms with E-state index in [2.05, 4.69) is 5.32 Å². The molecule has 1 amide bonds. The molecule has 1 unspecified atom stereocenters. The summed E-state index contributed by atoms with van der Waals surface area (Å²) in [6.45, 7) is 0.357. The number of carbonyl (C=O) groups is 1. The molecule has 6 heteroatoms. The lowest BCUT2D eigenvalue weighted by Crippen LogP contribution is -2.39. The Labute approximate surface area is 117 Å². The second-order valence-corrected chi connectivity index (χ2v) is 4.19. The van der Waals surface area contributed by atoms with E-state index < -0.39 is 0 Å². The van der Waals surface area contributed by atoms with Gasteiger partial charge in [-0.2, -0.15) is 0 Å². The minimum absolute atomic E-state index is 0.239. The van der Waals surface area contributed by atoms with Gasteiger partial charge in [-0.1, -0.05) is 0 Å². The predicted octanol–water partition coefficient (Wildman–Crippen LogP) is 1.69. The largest absolute Gasteiger partial charge is 0.497 e. The Balaban J connectivity index is 2.86. The van der Waals surface area contributed by atoms with Crippen molar-refractivity contribution in [2.24, 2.45) is 0 Å². The molecule has 1 rings (SSSR count). The zero-order valence-corrected chi connectivity index (χ0v) is 12.0. The van der Waals surface area contributed by atoms with E-state index in [9.17, 15) is 4.79 Å². The third kappa shape index (κ3) is 4.61. The van der Waals surface area contributed by atoms with Crippen LogP contribution in [0.25, 0.3) is 0 Å². The topological polar surface area (TPSA) is 56.8 Å². The molecule has 1 N–H and O–H groups in total. The quantitative estimate of drug-likeness (QED) is 0.776. The van der Waals surface area contributed by atoms with Crippen molar-refractivity contribution in [2.45, 2.75) is 6.04 Å². The fraction of sp³-hybridized carbons (Fsp3) is 0.462. The van der Waals surface area contributed by atoms with Crippen LogP contribution in [0, 0.1) is 0 Å². The molecule has 0 aromatic heterocycles. The molecule has 1 aromatic rings. The van der Waals surface area contributed by atoms with E-state index in [0.29, 0.717) is 23.7 Å². The molecule has 0 fully saturated rings. The van der Waals surface area contributed by atoms with Crippen LogP contribution in [0.15, 0.2) is 18.2 Å². The van der Waals surface area contributed by atoms with Gasteiger partial charge in [-0.3, -0.25) is 4.79 Å². The molecule has 19 heavy (non-hydrogen) atoms. The summed E-state index contributed by atoms with van der Waals surface area (Å²) >= 11 is 5.75. The number of ether oxygens (including phenoxy) is 3. The maximum absolute atomic E-state index is 12.1. The molecular weight excluding hydrogens is 270 g/mol. The highest BCUT2D eigenvalue weighted by atomic mass is 35.5. The molecule has 1 atom stereocenters. The summed E-state index contributed by atoms with van der Waals surface area (Å²) in [6, 6.07) is 4.73. The van der Waals surface area contributed by atoms with Crippen LogP contribution in [-0.4, -0.2) is 45.8 Å². The Morgan fingerprint density at radius 3 is 2.21 bits per heavy atom. The summed E-state index contributed by atoms with van der Waals surface area (Å²) in [5.74, 6) is 1.14. The van der Waals surface area contributed by atoms with Gasteiger partial charge in [0.1, 0.15) is 11.5 Å². The Hall–Kier alpha value is -1.46. The lowest BCUT2D eigenvalue weighted by Gasteiger charge is -2.15. The van der Waals surface area contributed by atoms with Gasteiger partial charge in [-0.05, 0) is 12.1 Å². The summed E-state index contributed by atoms with van der Waals surface area (Å²) in [5, 5.41) is 2.78. The number of rotatable bonds is 7. The van der Waals surface area contributed by atoms with E-state index in [-0.39, 0.29) is 17.8 Å².